The molecule has 1 atom stereocenters. The molecule has 3 rings (SSSR count). The molecule has 0 spiro atoms. The molecule has 176 valence electrons. The van der Waals surface area contributed by atoms with E-state index in [2.05, 4.69) is 16.0 Å². The summed E-state index contributed by atoms with van der Waals surface area (Å²) in [5.41, 5.74) is 2.38. The lowest BCUT2D eigenvalue weighted by Gasteiger charge is -2.25. The number of hydrogen-bond acceptors (Lipinski definition) is 3. The molecule has 0 saturated carbocycles. The molecule has 0 bridgehead atoms. The lowest BCUT2D eigenvalue weighted by Crippen LogP contribution is -2.38. The normalized spacial score (nSPS) is 11.3. The topological polar surface area (TPSA) is 90.5 Å². The standard InChI is InChI=1S/C25H24F2N4O3/c1-15-9-11-19(29-25(34)28-18-7-5-4-6-8-18)14-22(15)30-23(32)24(33)31(3)16(2)17-10-12-20(26)21(27)13-17/h4-14,16H,1-3H3,(H,30,32)(H2,28,29,34). The van der Waals surface area contributed by atoms with E-state index < -0.39 is 35.5 Å². The van der Waals surface area contributed by atoms with Gasteiger partial charge in [0, 0.05) is 24.1 Å². The van der Waals surface area contributed by atoms with Crippen molar-refractivity contribution in [3.05, 3.63) is 89.5 Å². The number of nitrogens with zero attached hydrogens (tertiary/aromatic N) is 1. The van der Waals surface area contributed by atoms with Crippen LogP contribution < -0.4 is 16.0 Å². The highest BCUT2D eigenvalue weighted by atomic mass is 19.2. The summed E-state index contributed by atoms with van der Waals surface area (Å²) in [6.07, 6.45) is 0. The summed E-state index contributed by atoms with van der Waals surface area (Å²) in [7, 11) is 1.40. The molecule has 4 amide bonds. The molecule has 1 unspecified atom stereocenters. The number of hydrogen-bond donors (Lipinski definition) is 3. The third kappa shape index (κ3) is 5.94. The summed E-state index contributed by atoms with van der Waals surface area (Å²) in [4.78, 5) is 38.6. The van der Waals surface area contributed by atoms with Gasteiger partial charge in [-0.3, -0.25) is 9.59 Å². The minimum absolute atomic E-state index is 0.338. The van der Waals surface area contributed by atoms with Crippen molar-refractivity contribution in [2.75, 3.05) is 23.0 Å². The fourth-order valence-electron chi connectivity index (χ4n) is 3.16. The second kappa shape index (κ2) is 10.6. The molecule has 0 aliphatic heterocycles. The van der Waals surface area contributed by atoms with Crippen LogP contribution in [0, 0.1) is 18.6 Å². The van der Waals surface area contributed by atoms with Gasteiger partial charge in [-0.05, 0) is 61.4 Å². The quantitative estimate of drug-likeness (QED) is 0.458. The smallest absolute Gasteiger partial charge is 0.323 e. The number of amides is 4. The lowest BCUT2D eigenvalue weighted by molar-refractivity contribution is -0.143. The molecule has 0 radical (unpaired) electrons. The van der Waals surface area contributed by atoms with Crippen molar-refractivity contribution in [2.45, 2.75) is 19.9 Å². The molecule has 34 heavy (non-hydrogen) atoms. The van der Waals surface area contributed by atoms with Crippen molar-refractivity contribution in [1.29, 1.82) is 0 Å². The maximum Gasteiger partial charge on any atom is 0.323 e. The molecule has 0 heterocycles. The van der Waals surface area contributed by atoms with Gasteiger partial charge in [-0.25, -0.2) is 13.6 Å². The number of likely N-dealkylation sites (N-methyl/N-ethyl adjacent to an activating group) is 1. The largest absolute Gasteiger partial charge is 0.331 e. The number of halogens is 2. The van der Waals surface area contributed by atoms with Gasteiger partial charge in [0.1, 0.15) is 0 Å². The van der Waals surface area contributed by atoms with E-state index in [1.165, 1.54) is 19.2 Å². The third-order valence-corrected chi connectivity index (χ3v) is 5.30. The Morgan fingerprint density at radius 3 is 2.18 bits per heavy atom. The van der Waals surface area contributed by atoms with E-state index in [-0.39, 0.29) is 0 Å². The van der Waals surface area contributed by atoms with Gasteiger partial charge in [-0.1, -0.05) is 30.3 Å². The van der Waals surface area contributed by atoms with E-state index in [0.717, 1.165) is 17.0 Å². The molecule has 9 heteroatoms. The Balaban J connectivity index is 1.66. The Bertz CT molecular complexity index is 1220. The number of rotatable bonds is 5. The van der Waals surface area contributed by atoms with Crippen LogP contribution in [-0.2, 0) is 9.59 Å². The third-order valence-electron chi connectivity index (χ3n) is 5.30. The average Bonchev–Trinajstić information content (AvgIpc) is 2.82. The summed E-state index contributed by atoms with van der Waals surface area (Å²) < 4.78 is 26.8. The molecule has 0 saturated heterocycles. The van der Waals surface area contributed by atoms with Crippen LogP contribution in [0.5, 0.6) is 0 Å². The highest BCUT2D eigenvalue weighted by molar-refractivity contribution is 6.39. The van der Waals surface area contributed by atoms with Crippen LogP contribution in [0.15, 0.2) is 66.7 Å². The first-order valence-electron chi connectivity index (χ1n) is 10.4. The first kappa shape index (κ1) is 24.4. The van der Waals surface area contributed by atoms with Gasteiger partial charge >= 0.3 is 17.8 Å². The lowest BCUT2D eigenvalue weighted by atomic mass is 10.1. The van der Waals surface area contributed by atoms with Crippen LogP contribution in [0.2, 0.25) is 0 Å². The van der Waals surface area contributed by atoms with Crippen molar-refractivity contribution < 1.29 is 23.2 Å². The molecular formula is C25H24F2N4O3. The van der Waals surface area contributed by atoms with E-state index in [1.54, 1.807) is 50.2 Å². The van der Waals surface area contributed by atoms with Crippen LogP contribution in [0.1, 0.15) is 24.1 Å². The van der Waals surface area contributed by atoms with Crippen molar-refractivity contribution in [3.63, 3.8) is 0 Å². The molecule has 0 aromatic heterocycles. The van der Waals surface area contributed by atoms with Crippen LogP contribution in [0.4, 0.5) is 30.6 Å². The van der Waals surface area contributed by atoms with Gasteiger partial charge < -0.3 is 20.9 Å². The van der Waals surface area contributed by atoms with E-state index >= 15 is 0 Å². The maximum absolute atomic E-state index is 13.6. The van der Waals surface area contributed by atoms with Crippen LogP contribution in [0.3, 0.4) is 0 Å². The number of anilines is 3. The number of urea groups is 1. The molecular weight excluding hydrogens is 442 g/mol. The SMILES string of the molecule is Cc1ccc(NC(=O)Nc2ccccc2)cc1NC(=O)C(=O)N(C)C(C)c1ccc(F)c(F)c1. The first-order chi connectivity index (χ1) is 16.2. The van der Waals surface area contributed by atoms with Crippen molar-refractivity contribution in [3.8, 4) is 0 Å². The fraction of sp³-hybridized carbons (Fsp3) is 0.160. The second-order valence-electron chi connectivity index (χ2n) is 7.69. The maximum atomic E-state index is 13.6. The van der Waals surface area contributed by atoms with Gasteiger partial charge in [0.15, 0.2) is 11.6 Å². The van der Waals surface area contributed by atoms with E-state index in [4.69, 9.17) is 0 Å². The Hall–Kier alpha value is -4.27. The average molecular weight is 466 g/mol. The van der Waals surface area contributed by atoms with E-state index in [9.17, 15) is 23.2 Å². The number of benzene rings is 3. The van der Waals surface area contributed by atoms with Gasteiger partial charge in [0.05, 0.1) is 6.04 Å². The molecule has 7 nitrogen and oxygen atoms in total. The minimum Gasteiger partial charge on any atom is -0.331 e. The monoisotopic (exact) mass is 466 g/mol. The van der Waals surface area contributed by atoms with Crippen LogP contribution in [0.25, 0.3) is 0 Å². The zero-order valence-corrected chi connectivity index (χ0v) is 18.9. The fourth-order valence-corrected chi connectivity index (χ4v) is 3.16. The van der Waals surface area contributed by atoms with Crippen molar-refractivity contribution >= 4 is 34.9 Å². The summed E-state index contributed by atoms with van der Waals surface area (Å²) in [5, 5.41) is 7.90. The second-order valence-corrected chi connectivity index (χ2v) is 7.69. The van der Waals surface area contributed by atoms with Gasteiger partial charge in [-0.2, -0.15) is 0 Å². The van der Waals surface area contributed by atoms with Gasteiger partial charge in [0.2, 0.25) is 0 Å². The molecule has 3 aromatic carbocycles. The van der Waals surface area contributed by atoms with Crippen LogP contribution in [-0.4, -0.2) is 29.8 Å². The first-order valence-corrected chi connectivity index (χ1v) is 10.4. The number of carbonyl (C=O) groups excluding carboxylic acids is 3. The Morgan fingerprint density at radius 1 is 0.824 bits per heavy atom. The minimum atomic E-state index is -1.04. The molecule has 3 aromatic rings. The Kier molecular flexibility index (Phi) is 7.57. The Labute approximate surface area is 195 Å². The zero-order chi connectivity index (χ0) is 24.8. The number of para-hydroxylation sites is 1. The predicted octanol–water partition coefficient (Wildman–Crippen LogP) is 5.08. The number of carbonyl (C=O) groups is 3. The highest BCUT2D eigenvalue weighted by Crippen LogP contribution is 2.23. The van der Waals surface area contributed by atoms with Crippen molar-refractivity contribution in [1.82, 2.24) is 4.90 Å². The highest BCUT2D eigenvalue weighted by Gasteiger charge is 2.25. The summed E-state index contributed by atoms with van der Waals surface area (Å²) in [5.74, 6) is -3.81. The van der Waals surface area contributed by atoms with Crippen LogP contribution >= 0.6 is 0 Å². The predicted molar refractivity (Wildman–Crippen MR) is 126 cm³/mol. The molecule has 3 N–H and O–H groups in total. The summed E-state index contributed by atoms with van der Waals surface area (Å²) in [6, 6.07) is 15.9. The number of aryl methyl sites for hydroxylation is 1. The molecule has 0 fully saturated rings. The number of nitrogens with one attached hydrogen (secondary N) is 3. The van der Waals surface area contributed by atoms with E-state index in [1.807, 2.05) is 6.07 Å². The Morgan fingerprint density at radius 2 is 1.50 bits per heavy atom. The summed E-state index contributed by atoms with van der Waals surface area (Å²) in [6.45, 7) is 3.33. The zero-order valence-electron chi connectivity index (χ0n) is 18.9. The van der Waals surface area contributed by atoms with Gasteiger partial charge in [-0.15, -0.1) is 0 Å². The molecule has 0 aliphatic carbocycles. The van der Waals surface area contributed by atoms with Gasteiger partial charge in [0.25, 0.3) is 0 Å². The summed E-state index contributed by atoms with van der Waals surface area (Å²) >= 11 is 0. The molecule has 0 aliphatic rings. The van der Waals surface area contributed by atoms with Crippen molar-refractivity contribution in [2.24, 2.45) is 0 Å². The van der Waals surface area contributed by atoms with E-state index in [0.29, 0.717) is 28.2 Å².